The molecule has 0 saturated carbocycles. The molecule has 0 radical (unpaired) electrons. The highest BCUT2D eigenvalue weighted by atomic mass is 127. The van der Waals surface area contributed by atoms with Gasteiger partial charge in [-0.05, 0) is 17.7 Å². The van der Waals surface area contributed by atoms with Gasteiger partial charge in [0.15, 0.2) is 5.96 Å². The van der Waals surface area contributed by atoms with Crippen molar-refractivity contribution in [2.75, 3.05) is 20.7 Å². The zero-order valence-electron chi connectivity index (χ0n) is 16.0. The third kappa shape index (κ3) is 6.07. The average molecular weight is 492 g/mol. The molecule has 2 aromatic carbocycles. The number of benzene rings is 2. The van der Waals surface area contributed by atoms with E-state index in [9.17, 15) is 0 Å². The minimum Gasteiger partial charge on any atom is -0.444 e. The first-order chi connectivity index (χ1) is 13.3. The van der Waals surface area contributed by atoms with Crippen LogP contribution < -0.4 is 10.6 Å². The summed E-state index contributed by atoms with van der Waals surface area (Å²) in [6, 6.07) is 19.9. The lowest BCUT2D eigenvalue weighted by Crippen LogP contribution is -2.39. The number of aromatic nitrogens is 1. The number of nitrogens with one attached hydrogen (secondary N) is 2. The standard InChI is InChI=1S/C21H24N4O2.HI/c1-22-21(24-14-19(26-2)16-9-5-3-6-10-16)23-13-18-15-27-20(25-18)17-11-7-4-8-12-17;/h3-12,15,19H,13-14H2,1-2H3,(H2,22,23,24);1H. The number of nitrogens with zero attached hydrogens (tertiary/aromatic N) is 2. The van der Waals surface area contributed by atoms with Gasteiger partial charge >= 0.3 is 0 Å². The van der Waals surface area contributed by atoms with Gasteiger partial charge < -0.3 is 19.8 Å². The number of ether oxygens (including phenoxy) is 1. The van der Waals surface area contributed by atoms with E-state index in [1.165, 1.54) is 0 Å². The lowest BCUT2D eigenvalue weighted by atomic mass is 10.1. The molecule has 0 amide bonds. The van der Waals surface area contributed by atoms with Crippen molar-refractivity contribution >= 4 is 29.9 Å². The van der Waals surface area contributed by atoms with E-state index in [2.05, 4.69) is 20.6 Å². The maximum Gasteiger partial charge on any atom is 0.226 e. The molecule has 1 atom stereocenters. The molecule has 0 spiro atoms. The highest BCUT2D eigenvalue weighted by molar-refractivity contribution is 14.0. The maximum atomic E-state index is 5.57. The van der Waals surface area contributed by atoms with Gasteiger partial charge in [0.25, 0.3) is 0 Å². The summed E-state index contributed by atoms with van der Waals surface area (Å²) in [6.07, 6.45) is 1.60. The Morgan fingerprint density at radius 1 is 1.07 bits per heavy atom. The SMILES string of the molecule is CN=C(NCc1coc(-c2ccccc2)n1)NCC(OC)c1ccccc1.I. The van der Waals surface area contributed by atoms with Crippen molar-refractivity contribution in [3.63, 3.8) is 0 Å². The Hall–Kier alpha value is -2.39. The van der Waals surface area contributed by atoms with Crippen LogP contribution in [0.1, 0.15) is 17.4 Å². The molecule has 1 heterocycles. The van der Waals surface area contributed by atoms with Gasteiger partial charge in [-0.3, -0.25) is 4.99 Å². The second kappa shape index (κ2) is 11.5. The first kappa shape index (κ1) is 21.9. The zero-order valence-corrected chi connectivity index (χ0v) is 18.3. The quantitative estimate of drug-likeness (QED) is 0.296. The molecule has 7 heteroatoms. The van der Waals surface area contributed by atoms with Crippen LogP contribution in [0.5, 0.6) is 0 Å². The van der Waals surface area contributed by atoms with Gasteiger partial charge in [0.05, 0.1) is 18.3 Å². The van der Waals surface area contributed by atoms with Crippen molar-refractivity contribution in [3.05, 3.63) is 78.2 Å². The fourth-order valence-electron chi connectivity index (χ4n) is 2.69. The van der Waals surface area contributed by atoms with Crippen LogP contribution in [0.3, 0.4) is 0 Å². The molecule has 1 unspecified atom stereocenters. The molecule has 2 N–H and O–H groups in total. The van der Waals surface area contributed by atoms with Crippen molar-refractivity contribution in [2.45, 2.75) is 12.6 Å². The number of halogens is 1. The molecule has 0 aliphatic rings. The second-order valence-corrected chi connectivity index (χ2v) is 5.95. The van der Waals surface area contributed by atoms with E-state index >= 15 is 0 Å². The summed E-state index contributed by atoms with van der Waals surface area (Å²) in [5.41, 5.74) is 2.88. The molecular formula is C21H25IN4O2. The second-order valence-electron chi connectivity index (χ2n) is 5.95. The number of aliphatic imine (C=N–C) groups is 1. The van der Waals surface area contributed by atoms with Gasteiger partial charge in [-0.1, -0.05) is 48.5 Å². The summed E-state index contributed by atoms with van der Waals surface area (Å²) in [6.45, 7) is 1.12. The van der Waals surface area contributed by atoms with Crippen molar-refractivity contribution < 1.29 is 9.15 Å². The average Bonchev–Trinajstić information content (AvgIpc) is 3.21. The van der Waals surface area contributed by atoms with E-state index in [1.54, 1.807) is 20.4 Å². The van der Waals surface area contributed by atoms with Crippen molar-refractivity contribution in [1.29, 1.82) is 0 Å². The Morgan fingerprint density at radius 3 is 2.39 bits per heavy atom. The van der Waals surface area contributed by atoms with E-state index in [-0.39, 0.29) is 30.1 Å². The number of methoxy groups -OCH3 is 1. The van der Waals surface area contributed by atoms with Crippen LogP contribution in [0.15, 0.2) is 76.3 Å². The largest absolute Gasteiger partial charge is 0.444 e. The Kier molecular flexibility index (Phi) is 8.96. The fraction of sp³-hybridized carbons (Fsp3) is 0.238. The highest BCUT2D eigenvalue weighted by Gasteiger charge is 2.11. The van der Waals surface area contributed by atoms with E-state index in [0.29, 0.717) is 24.9 Å². The Bertz CT molecular complexity index is 853. The van der Waals surface area contributed by atoms with Crippen molar-refractivity contribution in [3.8, 4) is 11.5 Å². The summed E-state index contributed by atoms with van der Waals surface area (Å²) in [4.78, 5) is 8.76. The van der Waals surface area contributed by atoms with Crippen LogP contribution in [0.25, 0.3) is 11.5 Å². The Labute approximate surface area is 182 Å². The molecule has 0 fully saturated rings. The van der Waals surface area contributed by atoms with Crippen molar-refractivity contribution in [2.24, 2.45) is 4.99 Å². The van der Waals surface area contributed by atoms with Gasteiger partial charge in [0, 0.05) is 26.3 Å². The molecule has 148 valence electrons. The monoisotopic (exact) mass is 492 g/mol. The van der Waals surface area contributed by atoms with Gasteiger partial charge in [-0.15, -0.1) is 24.0 Å². The molecule has 0 aliphatic heterocycles. The smallest absolute Gasteiger partial charge is 0.226 e. The summed E-state index contributed by atoms with van der Waals surface area (Å²) in [5.74, 6) is 1.29. The Balaban J connectivity index is 0.00000280. The summed E-state index contributed by atoms with van der Waals surface area (Å²) < 4.78 is 11.1. The molecule has 1 aromatic heterocycles. The lowest BCUT2D eigenvalue weighted by Gasteiger charge is -2.18. The van der Waals surface area contributed by atoms with Crippen molar-refractivity contribution in [1.82, 2.24) is 15.6 Å². The highest BCUT2D eigenvalue weighted by Crippen LogP contribution is 2.18. The number of hydrogen-bond donors (Lipinski definition) is 2. The van der Waals surface area contributed by atoms with Gasteiger partial charge in [-0.25, -0.2) is 4.98 Å². The third-order valence-corrected chi connectivity index (χ3v) is 4.14. The van der Waals surface area contributed by atoms with Crippen LogP contribution in [0.2, 0.25) is 0 Å². The molecule has 0 saturated heterocycles. The minimum atomic E-state index is -0.0542. The topological polar surface area (TPSA) is 71.7 Å². The van der Waals surface area contributed by atoms with Crippen LogP contribution in [0, 0.1) is 0 Å². The third-order valence-electron chi connectivity index (χ3n) is 4.14. The molecule has 0 aliphatic carbocycles. The Morgan fingerprint density at radius 2 is 1.75 bits per heavy atom. The summed E-state index contributed by atoms with van der Waals surface area (Å²) in [5, 5.41) is 6.53. The molecule has 3 rings (SSSR count). The van der Waals surface area contributed by atoms with Gasteiger partial charge in [0.1, 0.15) is 6.26 Å². The molecule has 3 aromatic rings. The first-order valence-electron chi connectivity index (χ1n) is 8.82. The maximum absolute atomic E-state index is 5.57. The number of guanidine groups is 1. The predicted octanol–water partition coefficient (Wildman–Crippen LogP) is 4.01. The summed E-state index contributed by atoms with van der Waals surface area (Å²) >= 11 is 0. The normalized spacial score (nSPS) is 12.1. The molecule has 28 heavy (non-hydrogen) atoms. The fourth-order valence-corrected chi connectivity index (χ4v) is 2.69. The number of oxazole rings is 1. The van der Waals surface area contributed by atoms with Gasteiger partial charge in [0.2, 0.25) is 5.89 Å². The summed E-state index contributed by atoms with van der Waals surface area (Å²) in [7, 11) is 3.44. The zero-order chi connectivity index (χ0) is 18.9. The first-order valence-corrected chi connectivity index (χ1v) is 8.82. The van der Waals surface area contributed by atoms with E-state index in [1.807, 2.05) is 60.7 Å². The van der Waals surface area contributed by atoms with Gasteiger partial charge in [-0.2, -0.15) is 0 Å². The van der Waals surface area contributed by atoms with E-state index in [4.69, 9.17) is 9.15 Å². The molecule has 6 nitrogen and oxygen atoms in total. The number of rotatable bonds is 7. The van der Waals surface area contributed by atoms with Crippen LogP contribution in [-0.2, 0) is 11.3 Å². The van der Waals surface area contributed by atoms with E-state index in [0.717, 1.165) is 16.8 Å². The van der Waals surface area contributed by atoms with Crippen LogP contribution >= 0.6 is 24.0 Å². The molecular weight excluding hydrogens is 467 g/mol. The predicted molar refractivity (Wildman–Crippen MR) is 122 cm³/mol. The molecule has 0 bridgehead atoms. The van der Waals surface area contributed by atoms with Crippen LogP contribution in [0.4, 0.5) is 0 Å². The number of hydrogen-bond acceptors (Lipinski definition) is 4. The van der Waals surface area contributed by atoms with Crippen LogP contribution in [-0.4, -0.2) is 31.6 Å². The van der Waals surface area contributed by atoms with E-state index < -0.39 is 0 Å². The minimum absolute atomic E-state index is 0. The lowest BCUT2D eigenvalue weighted by molar-refractivity contribution is 0.106.